The topological polar surface area (TPSA) is 34.0 Å². The van der Waals surface area contributed by atoms with E-state index in [-0.39, 0.29) is 5.43 Å². The van der Waals surface area contributed by atoms with Crippen LogP contribution in [0.4, 0.5) is 0 Å². The largest absolute Gasteiger partial charge is 0.321 e. The molecule has 1 saturated carbocycles. The van der Waals surface area contributed by atoms with Gasteiger partial charge in [-0.25, -0.2) is 0 Å². The van der Waals surface area contributed by atoms with Crippen LogP contribution in [-0.4, -0.2) is 10.6 Å². The highest BCUT2D eigenvalue weighted by atomic mass is 35.5. The molecule has 0 radical (unpaired) electrons. The van der Waals surface area contributed by atoms with E-state index in [9.17, 15) is 4.79 Å². The lowest BCUT2D eigenvalue weighted by molar-refractivity contribution is 0.679. The first-order valence-corrected chi connectivity index (χ1v) is 7.23. The maximum absolute atomic E-state index is 12.0. The summed E-state index contributed by atoms with van der Waals surface area (Å²) in [6, 6.07) is 9.93. The van der Waals surface area contributed by atoms with Crippen molar-refractivity contribution >= 4 is 11.6 Å². The molecule has 0 bridgehead atoms. The Kier molecular flexibility index (Phi) is 3.64. The van der Waals surface area contributed by atoms with Crippen molar-refractivity contribution < 1.29 is 0 Å². The third-order valence-electron chi connectivity index (χ3n) is 3.57. The van der Waals surface area contributed by atoms with Crippen LogP contribution < -0.4 is 10.7 Å². The number of rotatable bonds is 4. The molecule has 1 heterocycles. The van der Waals surface area contributed by atoms with Crippen molar-refractivity contribution in [2.75, 3.05) is 0 Å². The second-order valence-corrected chi connectivity index (χ2v) is 5.75. The summed E-state index contributed by atoms with van der Waals surface area (Å²) in [4.78, 5) is 12.0. The number of pyridine rings is 1. The average molecular weight is 289 g/mol. The highest BCUT2D eigenvalue weighted by molar-refractivity contribution is 6.30. The Morgan fingerprint density at radius 3 is 2.85 bits per heavy atom. The van der Waals surface area contributed by atoms with Gasteiger partial charge in [-0.3, -0.25) is 4.79 Å². The fraction of sp³-hybridized carbons (Fsp3) is 0.312. The third kappa shape index (κ3) is 2.94. The van der Waals surface area contributed by atoms with E-state index in [0.29, 0.717) is 17.6 Å². The van der Waals surface area contributed by atoms with Gasteiger partial charge in [0.15, 0.2) is 5.43 Å². The summed E-state index contributed by atoms with van der Waals surface area (Å²) in [6.07, 6.45) is 4.35. The van der Waals surface area contributed by atoms with Gasteiger partial charge in [0.25, 0.3) is 0 Å². The molecule has 1 aromatic heterocycles. The van der Waals surface area contributed by atoms with E-state index in [1.807, 2.05) is 42.0 Å². The monoisotopic (exact) mass is 288 g/mol. The number of hydrogen-bond acceptors (Lipinski definition) is 2. The molecule has 3 rings (SSSR count). The minimum absolute atomic E-state index is 0.0916. The Morgan fingerprint density at radius 1 is 1.35 bits per heavy atom. The van der Waals surface area contributed by atoms with Crippen molar-refractivity contribution in [1.29, 1.82) is 0 Å². The highest BCUT2D eigenvalue weighted by Gasteiger charge is 2.20. The van der Waals surface area contributed by atoms with Gasteiger partial charge in [0, 0.05) is 46.8 Å². The van der Waals surface area contributed by atoms with Gasteiger partial charge in [-0.15, -0.1) is 0 Å². The number of nitrogens with zero attached hydrogens (tertiary/aromatic N) is 1. The fourth-order valence-corrected chi connectivity index (χ4v) is 2.44. The zero-order valence-corrected chi connectivity index (χ0v) is 12.2. The van der Waals surface area contributed by atoms with Gasteiger partial charge in [0.1, 0.15) is 0 Å². The summed E-state index contributed by atoms with van der Waals surface area (Å²) >= 11 is 6.04. The van der Waals surface area contributed by atoms with Crippen molar-refractivity contribution in [3.63, 3.8) is 0 Å². The van der Waals surface area contributed by atoms with Crippen molar-refractivity contribution in [2.24, 2.45) is 0 Å². The van der Waals surface area contributed by atoms with Crippen LogP contribution in [0.5, 0.6) is 0 Å². The standard InChI is InChI=1S/C16H17ClN2O/c1-11-7-16(20)12(9-18-14-5-6-14)10-19(11)15-4-2-3-13(17)8-15/h2-4,7-8,10,14,18H,5-6,9H2,1H3. The van der Waals surface area contributed by atoms with Gasteiger partial charge < -0.3 is 9.88 Å². The van der Waals surface area contributed by atoms with Crippen LogP contribution in [0.2, 0.25) is 5.02 Å². The van der Waals surface area contributed by atoms with Crippen LogP contribution in [-0.2, 0) is 6.54 Å². The third-order valence-corrected chi connectivity index (χ3v) is 3.80. The molecule has 4 heteroatoms. The molecule has 0 saturated heterocycles. The summed E-state index contributed by atoms with van der Waals surface area (Å²) in [5.74, 6) is 0. The molecule has 1 aromatic carbocycles. The van der Waals surface area contributed by atoms with Crippen LogP contribution in [0.25, 0.3) is 5.69 Å². The summed E-state index contributed by atoms with van der Waals surface area (Å²) in [5.41, 5.74) is 2.77. The van der Waals surface area contributed by atoms with Gasteiger partial charge in [0.05, 0.1) is 0 Å². The van der Waals surface area contributed by atoms with Crippen molar-refractivity contribution in [3.05, 3.63) is 63.0 Å². The van der Waals surface area contributed by atoms with E-state index in [0.717, 1.165) is 16.9 Å². The molecule has 0 aliphatic heterocycles. The number of benzene rings is 1. The van der Waals surface area contributed by atoms with E-state index in [2.05, 4.69) is 5.32 Å². The van der Waals surface area contributed by atoms with Gasteiger partial charge in [-0.2, -0.15) is 0 Å². The van der Waals surface area contributed by atoms with Crippen LogP contribution in [0.1, 0.15) is 24.1 Å². The maximum Gasteiger partial charge on any atom is 0.186 e. The summed E-state index contributed by atoms with van der Waals surface area (Å²) in [6.45, 7) is 2.56. The molecule has 20 heavy (non-hydrogen) atoms. The molecule has 104 valence electrons. The Balaban J connectivity index is 1.96. The highest BCUT2D eigenvalue weighted by Crippen LogP contribution is 2.19. The van der Waals surface area contributed by atoms with Crippen LogP contribution >= 0.6 is 11.6 Å². The average Bonchev–Trinajstić information content (AvgIpc) is 3.22. The second kappa shape index (κ2) is 5.43. The van der Waals surface area contributed by atoms with E-state index >= 15 is 0 Å². The van der Waals surface area contributed by atoms with Crippen molar-refractivity contribution in [2.45, 2.75) is 32.4 Å². The Labute approximate surface area is 123 Å². The number of nitrogens with one attached hydrogen (secondary N) is 1. The number of aromatic nitrogens is 1. The van der Waals surface area contributed by atoms with Crippen molar-refractivity contribution in [3.8, 4) is 5.69 Å². The van der Waals surface area contributed by atoms with Crippen LogP contribution in [0, 0.1) is 6.92 Å². The molecule has 3 nitrogen and oxygen atoms in total. The first kappa shape index (κ1) is 13.4. The van der Waals surface area contributed by atoms with Gasteiger partial charge in [-0.05, 0) is 38.0 Å². The summed E-state index contributed by atoms with van der Waals surface area (Å²) in [7, 11) is 0. The lowest BCUT2D eigenvalue weighted by Gasteiger charge is -2.13. The number of halogens is 1. The molecule has 0 unspecified atom stereocenters. The molecule has 1 aliphatic rings. The number of hydrogen-bond donors (Lipinski definition) is 1. The molecule has 1 aliphatic carbocycles. The Hall–Kier alpha value is -1.58. The van der Waals surface area contributed by atoms with E-state index in [1.165, 1.54) is 12.8 Å². The minimum atomic E-state index is 0.0916. The maximum atomic E-state index is 12.0. The predicted octanol–water partition coefficient (Wildman–Crippen LogP) is 3.05. The zero-order chi connectivity index (χ0) is 14.1. The Bertz CT molecular complexity index is 689. The molecular formula is C16H17ClN2O. The summed E-state index contributed by atoms with van der Waals surface area (Å²) in [5, 5.41) is 4.08. The Morgan fingerprint density at radius 2 is 2.15 bits per heavy atom. The fourth-order valence-electron chi connectivity index (χ4n) is 2.25. The van der Waals surface area contributed by atoms with E-state index in [4.69, 9.17) is 11.6 Å². The summed E-state index contributed by atoms with van der Waals surface area (Å²) < 4.78 is 2.01. The first-order chi connectivity index (χ1) is 9.63. The first-order valence-electron chi connectivity index (χ1n) is 6.85. The minimum Gasteiger partial charge on any atom is -0.321 e. The zero-order valence-electron chi connectivity index (χ0n) is 11.4. The SMILES string of the molecule is Cc1cc(=O)c(CNC2CC2)cn1-c1cccc(Cl)c1. The van der Waals surface area contributed by atoms with Crippen LogP contribution in [0.15, 0.2) is 41.3 Å². The quantitative estimate of drug-likeness (QED) is 0.938. The predicted molar refractivity (Wildman–Crippen MR) is 81.6 cm³/mol. The molecular weight excluding hydrogens is 272 g/mol. The molecule has 0 amide bonds. The van der Waals surface area contributed by atoms with Gasteiger partial charge >= 0.3 is 0 Å². The van der Waals surface area contributed by atoms with Gasteiger partial charge in [-0.1, -0.05) is 17.7 Å². The van der Waals surface area contributed by atoms with E-state index < -0.39 is 0 Å². The molecule has 0 atom stereocenters. The lowest BCUT2D eigenvalue weighted by atomic mass is 10.2. The van der Waals surface area contributed by atoms with Gasteiger partial charge in [0.2, 0.25) is 0 Å². The molecule has 0 spiro atoms. The van der Waals surface area contributed by atoms with Crippen LogP contribution in [0.3, 0.4) is 0 Å². The molecule has 1 fully saturated rings. The molecule has 2 aromatic rings. The smallest absolute Gasteiger partial charge is 0.186 e. The van der Waals surface area contributed by atoms with Crippen molar-refractivity contribution in [1.82, 2.24) is 9.88 Å². The number of aryl methyl sites for hydroxylation is 1. The van der Waals surface area contributed by atoms with E-state index in [1.54, 1.807) is 6.07 Å². The normalized spacial score (nSPS) is 14.5. The molecule has 1 N–H and O–H groups in total. The lowest BCUT2D eigenvalue weighted by Crippen LogP contribution is -2.22. The second-order valence-electron chi connectivity index (χ2n) is 5.31.